The Labute approximate surface area is 155 Å². The normalized spacial score (nSPS) is 21.1. The largest absolute Gasteiger partial charge is 0.444 e. The van der Waals surface area contributed by atoms with Gasteiger partial charge in [0.15, 0.2) is 0 Å². The summed E-state index contributed by atoms with van der Waals surface area (Å²) in [5.41, 5.74) is 1.81. The first-order valence-electron chi connectivity index (χ1n) is 7.86. The highest BCUT2D eigenvalue weighted by Crippen LogP contribution is 2.35. The van der Waals surface area contributed by atoms with E-state index < -0.39 is 5.60 Å². The van der Waals surface area contributed by atoms with Gasteiger partial charge in [0.05, 0.1) is 5.69 Å². The Morgan fingerprint density at radius 3 is 2.30 bits per heavy atom. The van der Waals surface area contributed by atoms with Crippen LogP contribution < -0.4 is 10.6 Å². The van der Waals surface area contributed by atoms with Crippen molar-refractivity contribution in [3.63, 3.8) is 0 Å². The van der Waals surface area contributed by atoms with Gasteiger partial charge in [-0.3, -0.25) is 0 Å². The highest BCUT2D eigenvalue weighted by Gasteiger charge is 2.28. The number of hydrogen-bond donors (Lipinski definition) is 2. The van der Waals surface area contributed by atoms with E-state index in [1.165, 1.54) is 5.56 Å². The highest BCUT2D eigenvalue weighted by atomic mass is 79.9. The maximum Gasteiger partial charge on any atom is 0.407 e. The van der Waals surface area contributed by atoms with Gasteiger partial charge in [0.25, 0.3) is 0 Å². The minimum atomic E-state index is -0.460. The summed E-state index contributed by atoms with van der Waals surface area (Å²) in [6, 6.07) is 4.69. The smallest absolute Gasteiger partial charge is 0.407 e. The molecule has 0 bridgehead atoms. The quantitative estimate of drug-likeness (QED) is 0.653. The molecule has 2 rings (SSSR count). The first kappa shape index (κ1) is 18.6. The molecule has 1 amide bonds. The van der Waals surface area contributed by atoms with Crippen molar-refractivity contribution in [3.05, 3.63) is 26.6 Å². The Bertz CT molecular complexity index is 561. The second-order valence-electron chi connectivity index (χ2n) is 7.10. The van der Waals surface area contributed by atoms with Gasteiger partial charge in [0.2, 0.25) is 0 Å². The molecule has 0 spiro atoms. The van der Waals surface area contributed by atoms with Crippen molar-refractivity contribution >= 4 is 43.6 Å². The van der Waals surface area contributed by atoms with Gasteiger partial charge in [0, 0.05) is 21.0 Å². The van der Waals surface area contributed by atoms with Gasteiger partial charge >= 0.3 is 6.09 Å². The lowest BCUT2D eigenvalue weighted by Crippen LogP contribution is -2.38. The average Bonchev–Trinajstić information content (AvgIpc) is 2.78. The van der Waals surface area contributed by atoms with E-state index in [1.54, 1.807) is 0 Å². The maximum atomic E-state index is 11.9. The minimum absolute atomic E-state index is 0.158. The molecule has 0 aromatic heterocycles. The molecule has 6 heteroatoms. The molecule has 2 atom stereocenters. The summed E-state index contributed by atoms with van der Waals surface area (Å²) in [6.45, 7) is 7.68. The SMILES string of the molecule is Cc1cc(Br)c(NC2CCC(NC(=O)OC(C)(C)C)C2)c(Br)c1. The van der Waals surface area contributed by atoms with Crippen LogP contribution in [0, 0.1) is 6.92 Å². The number of alkyl carbamates (subject to hydrolysis) is 1. The van der Waals surface area contributed by atoms with E-state index in [-0.39, 0.29) is 12.1 Å². The van der Waals surface area contributed by atoms with E-state index >= 15 is 0 Å². The lowest BCUT2D eigenvalue weighted by atomic mass is 10.2. The molecule has 4 nitrogen and oxygen atoms in total. The standard InChI is InChI=1S/C17H24Br2N2O2/c1-10-7-13(18)15(14(19)8-10)20-11-5-6-12(9-11)21-16(22)23-17(2,3)4/h7-8,11-12,20H,5-6,9H2,1-4H3,(H,21,22). The fourth-order valence-corrected chi connectivity index (χ4v) is 4.40. The van der Waals surface area contributed by atoms with Crippen molar-refractivity contribution in [3.8, 4) is 0 Å². The molecule has 0 heterocycles. The number of rotatable bonds is 3. The molecular weight excluding hydrogens is 424 g/mol. The lowest BCUT2D eigenvalue weighted by Gasteiger charge is -2.22. The maximum absolute atomic E-state index is 11.9. The zero-order chi connectivity index (χ0) is 17.2. The van der Waals surface area contributed by atoms with Crippen molar-refractivity contribution in [1.29, 1.82) is 0 Å². The second-order valence-corrected chi connectivity index (χ2v) is 8.81. The van der Waals surface area contributed by atoms with Crippen LogP contribution in [0.1, 0.15) is 45.6 Å². The molecule has 1 aliphatic rings. The number of aryl methyl sites for hydroxylation is 1. The number of benzene rings is 1. The third-order valence-electron chi connectivity index (χ3n) is 3.69. The molecule has 128 valence electrons. The van der Waals surface area contributed by atoms with Crippen LogP contribution in [0.5, 0.6) is 0 Å². The summed E-state index contributed by atoms with van der Waals surface area (Å²) < 4.78 is 7.42. The first-order chi connectivity index (χ1) is 10.6. The fraction of sp³-hybridized carbons (Fsp3) is 0.588. The molecule has 1 aromatic carbocycles. The summed E-state index contributed by atoms with van der Waals surface area (Å²) in [4.78, 5) is 11.9. The predicted octanol–water partition coefficient (Wildman–Crippen LogP) is 5.38. The van der Waals surface area contributed by atoms with E-state index in [0.717, 1.165) is 33.9 Å². The summed E-state index contributed by atoms with van der Waals surface area (Å²) >= 11 is 7.22. The van der Waals surface area contributed by atoms with Crippen LogP contribution in [0.3, 0.4) is 0 Å². The zero-order valence-corrected chi connectivity index (χ0v) is 17.2. The van der Waals surface area contributed by atoms with Gasteiger partial charge in [-0.15, -0.1) is 0 Å². The van der Waals surface area contributed by atoms with Crippen molar-refractivity contribution in [1.82, 2.24) is 5.32 Å². The predicted molar refractivity (Wildman–Crippen MR) is 101 cm³/mol. The average molecular weight is 448 g/mol. The number of amides is 1. The molecule has 0 aliphatic heterocycles. The van der Waals surface area contributed by atoms with Gasteiger partial charge < -0.3 is 15.4 Å². The Hall–Kier alpha value is -0.750. The van der Waals surface area contributed by atoms with E-state index in [4.69, 9.17) is 4.74 Å². The molecule has 1 aliphatic carbocycles. The number of anilines is 1. The summed E-state index contributed by atoms with van der Waals surface area (Å²) in [6.07, 6.45) is 2.54. The molecule has 2 unspecified atom stereocenters. The number of ether oxygens (including phenoxy) is 1. The molecule has 0 radical (unpaired) electrons. The molecule has 1 saturated carbocycles. The minimum Gasteiger partial charge on any atom is -0.444 e. The van der Waals surface area contributed by atoms with E-state index in [1.807, 2.05) is 20.8 Å². The number of halogens is 2. The molecular formula is C17H24Br2N2O2. The van der Waals surface area contributed by atoms with Crippen molar-refractivity contribution in [2.45, 2.75) is 64.6 Å². The third-order valence-corrected chi connectivity index (χ3v) is 4.94. The van der Waals surface area contributed by atoms with Crippen LogP contribution in [0.4, 0.5) is 10.5 Å². The second kappa shape index (κ2) is 7.43. The Morgan fingerprint density at radius 1 is 1.17 bits per heavy atom. The third kappa shape index (κ3) is 5.68. The van der Waals surface area contributed by atoms with Crippen LogP contribution in [0.2, 0.25) is 0 Å². The van der Waals surface area contributed by atoms with Gasteiger partial charge in [-0.1, -0.05) is 0 Å². The van der Waals surface area contributed by atoms with Gasteiger partial charge in [-0.2, -0.15) is 0 Å². The summed E-state index contributed by atoms with van der Waals surface area (Å²) in [5.74, 6) is 0. The van der Waals surface area contributed by atoms with Crippen LogP contribution in [0.25, 0.3) is 0 Å². The molecule has 23 heavy (non-hydrogen) atoms. The zero-order valence-electron chi connectivity index (χ0n) is 14.0. The Kier molecular flexibility index (Phi) is 6.00. The molecule has 1 fully saturated rings. The Morgan fingerprint density at radius 2 is 1.74 bits per heavy atom. The molecule has 0 saturated heterocycles. The van der Waals surface area contributed by atoms with Crippen molar-refractivity contribution in [2.24, 2.45) is 0 Å². The number of hydrogen-bond acceptors (Lipinski definition) is 3. The van der Waals surface area contributed by atoms with Crippen LogP contribution in [-0.2, 0) is 4.74 Å². The van der Waals surface area contributed by atoms with Crippen LogP contribution in [-0.4, -0.2) is 23.8 Å². The topological polar surface area (TPSA) is 50.4 Å². The van der Waals surface area contributed by atoms with Crippen molar-refractivity contribution in [2.75, 3.05) is 5.32 Å². The first-order valence-corrected chi connectivity index (χ1v) is 9.44. The number of carbonyl (C=O) groups excluding carboxylic acids is 1. The monoisotopic (exact) mass is 446 g/mol. The highest BCUT2D eigenvalue weighted by molar-refractivity contribution is 9.11. The fourth-order valence-electron chi connectivity index (χ4n) is 2.76. The molecule has 1 aromatic rings. The number of nitrogens with one attached hydrogen (secondary N) is 2. The lowest BCUT2D eigenvalue weighted by molar-refractivity contribution is 0.0505. The van der Waals surface area contributed by atoms with Crippen molar-refractivity contribution < 1.29 is 9.53 Å². The van der Waals surface area contributed by atoms with E-state index in [2.05, 4.69) is 61.5 Å². The summed E-state index contributed by atoms with van der Waals surface area (Å²) in [5, 5.41) is 6.54. The van der Waals surface area contributed by atoms with Gasteiger partial charge in [-0.05, 0) is 96.5 Å². The van der Waals surface area contributed by atoms with E-state index in [0.29, 0.717) is 6.04 Å². The van der Waals surface area contributed by atoms with Crippen LogP contribution >= 0.6 is 31.9 Å². The molecule has 2 N–H and O–H groups in total. The Balaban J connectivity index is 1.90. The van der Waals surface area contributed by atoms with E-state index in [9.17, 15) is 4.79 Å². The number of carbonyl (C=O) groups is 1. The van der Waals surface area contributed by atoms with Crippen LogP contribution in [0.15, 0.2) is 21.1 Å². The van der Waals surface area contributed by atoms with Gasteiger partial charge in [0.1, 0.15) is 5.60 Å². The van der Waals surface area contributed by atoms with Gasteiger partial charge in [-0.25, -0.2) is 4.79 Å². The summed E-state index contributed by atoms with van der Waals surface area (Å²) in [7, 11) is 0.